The second-order valence-corrected chi connectivity index (χ2v) is 7.60. The Morgan fingerprint density at radius 1 is 1.00 bits per heavy atom. The normalized spacial score (nSPS) is 15.3. The minimum Gasteiger partial charge on any atom is -0.314 e. The number of amides is 2. The second-order valence-electron chi connectivity index (χ2n) is 7.60. The summed E-state index contributed by atoms with van der Waals surface area (Å²) in [5, 5.41) is 3.40. The molecule has 0 saturated carbocycles. The zero-order valence-corrected chi connectivity index (χ0v) is 17.3. The van der Waals surface area contributed by atoms with Gasteiger partial charge in [-0.3, -0.25) is 19.9 Å². The molecule has 2 aliphatic heterocycles. The van der Waals surface area contributed by atoms with Crippen molar-refractivity contribution < 1.29 is 18.4 Å². The first-order valence-electron chi connectivity index (χ1n) is 10.2. The first-order valence-corrected chi connectivity index (χ1v) is 10.2. The number of fused-ring (bicyclic) bond motifs is 2. The van der Waals surface area contributed by atoms with Crippen molar-refractivity contribution in [3.63, 3.8) is 0 Å². The summed E-state index contributed by atoms with van der Waals surface area (Å²) in [7, 11) is 0. The molecule has 33 heavy (non-hydrogen) atoms. The number of carbonyl (C=O) groups is 2. The van der Waals surface area contributed by atoms with E-state index in [2.05, 4.69) is 20.3 Å². The Kier molecular flexibility index (Phi) is 5.21. The van der Waals surface area contributed by atoms with E-state index in [0.717, 1.165) is 34.3 Å². The molecule has 0 unspecified atom stereocenters. The van der Waals surface area contributed by atoms with E-state index in [1.165, 1.54) is 6.07 Å². The summed E-state index contributed by atoms with van der Waals surface area (Å²) in [5.41, 5.74) is 2.84. The molecule has 0 bridgehead atoms. The lowest BCUT2D eigenvalue weighted by Crippen LogP contribution is -2.37. The van der Waals surface area contributed by atoms with Crippen molar-refractivity contribution in [2.24, 2.45) is 9.98 Å². The third kappa shape index (κ3) is 4.12. The molecule has 0 aliphatic carbocycles. The van der Waals surface area contributed by atoms with Crippen molar-refractivity contribution in [2.45, 2.75) is 6.42 Å². The number of aliphatic imine (C=N–C) groups is 2. The molecule has 1 aromatic heterocycles. The van der Waals surface area contributed by atoms with E-state index in [1.54, 1.807) is 23.4 Å². The van der Waals surface area contributed by atoms with Crippen molar-refractivity contribution in [3.05, 3.63) is 89.3 Å². The van der Waals surface area contributed by atoms with Crippen LogP contribution < -0.4 is 5.32 Å². The monoisotopic (exact) mass is 445 g/mol. The van der Waals surface area contributed by atoms with Crippen molar-refractivity contribution in [1.29, 1.82) is 0 Å². The predicted molar refractivity (Wildman–Crippen MR) is 119 cm³/mol. The fourth-order valence-corrected chi connectivity index (χ4v) is 3.71. The summed E-state index contributed by atoms with van der Waals surface area (Å²) < 4.78 is 26.5. The number of rotatable bonds is 2. The van der Waals surface area contributed by atoms with Gasteiger partial charge in [0.05, 0.1) is 17.8 Å². The lowest BCUT2D eigenvalue weighted by Gasteiger charge is -2.27. The molecule has 5 rings (SSSR count). The average molecular weight is 445 g/mol. The van der Waals surface area contributed by atoms with Crippen molar-refractivity contribution in [1.82, 2.24) is 15.2 Å². The first kappa shape index (κ1) is 20.6. The molecular weight excluding hydrogens is 428 g/mol. The van der Waals surface area contributed by atoms with Crippen LogP contribution in [0.1, 0.15) is 27.1 Å². The third-order valence-electron chi connectivity index (χ3n) is 5.43. The van der Waals surface area contributed by atoms with E-state index in [9.17, 15) is 18.4 Å². The zero-order valence-electron chi connectivity index (χ0n) is 17.3. The fraction of sp³-hybridized carbons (Fsp3) is 0.125. The van der Waals surface area contributed by atoms with Crippen LogP contribution in [0.4, 0.5) is 8.78 Å². The Morgan fingerprint density at radius 3 is 2.70 bits per heavy atom. The Hall–Kier alpha value is -4.27. The number of nitrogens with zero attached hydrogens (tertiary/aromatic N) is 4. The average Bonchev–Trinajstić information content (AvgIpc) is 2.84. The van der Waals surface area contributed by atoms with Crippen LogP contribution in [0.3, 0.4) is 0 Å². The van der Waals surface area contributed by atoms with Gasteiger partial charge in [-0.1, -0.05) is 6.07 Å². The number of pyridine rings is 1. The number of benzene rings is 2. The highest BCUT2D eigenvalue weighted by atomic mass is 19.2. The molecule has 2 amide bonds. The molecule has 1 N–H and O–H groups in total. The molecule has 0 spiro atoms. The highest BCUT2D eigenvalue weighted by Crippen LogP contribution is 2.21. The molecular formula is C24H17F2N5O2. The highest BCUT2D eigenvalue weighted by Gasteiger charge is 2.25. The number of guanidine groups is 1. The molecule has 164 valence electrons. The standard InChI is InChI=1S/C24H17F2N5O2/c25-18-5-3-15(11-19(18)26)22(32)30-24-28-12-17-13-31(9-7-21(17)29-24)23(33)16-4-6-20-14(10-16)2-1-8-27-20/h1-6,8,10-11,13H,7,9,12H2,(H,28,30,32). The largest absolute Gasteiger partial charge is 0.314 e. The van der Waals surface area contributed by atoms with Crippen molar-refractivity contribution in [3.8, 4) is 0 Å². The van der Waals surface area contributed by atoms with Crippen LogP contribution in [0, 0.1) is 11.6 Å². The van der Waals surface area contributed by atoms with Gasteiger partial charge in [-0.05, 0) is 42.5 Å². The number of hydrogen-bond acceptors (Lipinski definition) is 5. The van der Waals surface area contributed by atoms with Crippen LogP contribution in [0.5, 0.6) is 0 Å². The molecule has 9 heteroatoms. The number of aromatic nitrogens is 1. The summed E-state index contributed by atoms with van der Waals surface area (Å²) in [6.07, 6.45) is 3.93. The van der Waals surface area contributed by atoms with Gasteiger partial charge in [-0.2, -0.15) is 0 Å². The topological polar surface area (TPSA) is 87.0 Å². The predicted octanol–water partition coefficient (Wildman–Crippen LogP) is 3.48. The molecule has 0 atom stereocenters. The number of nitrogens with one attached hydrogen (secondary N) is 1. The van der Waals surface area contributed by atoms with E-state index < -0.39 is 17.5 Å². The molecule has 2 aromatic carbocycles. The van der Waals surface area contributed by atoms with Gasteiger partial charge in [0.2, 0.25) is 5.96 Å². The highest BCUT2D eigenvalue weighted by molar-refractivity contribution is 6.15. The van der Waals surface area contributed by atoms with Crippen LogP contribution >= 0.6 is 0 Å². The van der Waals surface area contributed by atoms with E-state index in [4.69, 9.17) is 0 Å². The maximum absolute atomic E-state index is 13.4. The Morgan fingerprint density at radius 2 is 1.85 bits per heavy atom. The van der Waals surface area contributed by atoms with Crippen LogP contribution in [0.15, 0.2) is 76.5 Å². The summed E-state index contributed by atoms with van der Waals surface area (Å²) in [6.45, 7) is 0.661. The minimum atomic E-state index is -1.11. The Bertz CT molecular complexity index is 1400. The van der Waals surface area contributed by atoms with Gasteiger partial charge in [0.25, 0.3) is 11.8 Å². The third-order valence-corrected chi connectivity index (χ3v) is 5.43. The fourth-order valence-electron chi connectivity index (χ4n) is 3.71. The van der Waals surface area contributed by atoms with Crippen molar-refractivity contribution >= 4 is 34.4 Å². The van der Waals surface area contributed by atoms with Gasteiger partial charge >= 0.3 is 0 Å². The lowest BCUT2D eigenvalue weighted by atomic mass is 10.0. The second kappa shape index (κ2) is 8.34. The van der Waals surface area contributed by atoms with Gasteiger partial charge < -0.3 is 4.90 Å². The van der Waals surface area contributed by atoms with Crippen LogP contribution in [-0.2, 0) is 0 Å². The lowest BCUT2D eigenvalue weighted by molar-refractivity contribution is 0.0822. The Balaban J connectivity index is 1.30. The van der Waals surface area contributed by atoms with Gasteiger partial charge in [0.15, 0.2) is 11.6 Å². The first-order chi connectivity index (χ1) is 16.0. The molecule has 3 heterocycles. The van der Waals surface area contributed by atoms with E-state index >= 15 is 0 Å². The molecule has 3 aromatic rings. The quantitative estimate of drug-likeness (QED) is 0.655. The molecule has 2 aliphatic rings. The molecule has 7 nitrogen and oxygen atoms in total. The zero-order chi connectivity index (χ0) is 22.9. The summed E-state index contributed by atoms with van der Waals surface area (Å²) in [6, 6.07) is 12.0. The smallest absolute Gasteiger partial charge is 0.258 e. The summed E-state index contributed by atoms with van der Waals surface area (Å²) in [5.74, 6) is -2.81. The summed E-state index contributed by atoms with van der Waals surface area (Å²) >= 11 is 0. The maximum Gasteiger partial charge on any atom is 0.258 e. The van der Waals surface area contributed by atoms with Crippen molar-refractivity contribution in [2.75, 3.05) is 13.1 Å². The van der Waals surface area contributed by atoms with Gasteiger partial charge in [0.1, 0.15) is 0 Å². The van der Waals surface area contributed by atoms with Gasteiger partial charge in [-0.25, -0.2) is 18.8 Å². The molecule has 0 fully saturated rings. The maximum atomic E-state index is 13.4. The molecule has 0 saturated heterocycles. The van der Waals surface area contributed by atoms with E-state index in [0.29, 0.717) is 18.5 Å². The van der Waals surface area contributed by atoms with Crippen LogP contribution in [0.2, 0.25) is 0 Å². The number of halogens is 2. The van der Waals surface area contributed by atoms with Gasteiger partial charge in [0, 0.05) is 47.4 Å². The number of hydrogen-bond donors (Lipinski definition) is 1. The summed E-state index contributed by atoms with van der Waals surface area (Å²) in [4.78, 5) is 39.8. The van der Waals surface area contributed by atoms with E-state index in [1.807, 2.05) is 24.3 Å². The SMILES string of the molecule is O=C(NC1=NCC2=CN(C(=O)c3ccc4ncccc4c3)CCC2=N1)c1ccc(F)c(F)c1. The van der Waals surface area contributed by atoms with Gasteiger partial charge in [-0.15, -0.1) is 0 Å². The minimum absolute atomic E-state index is 0.0378. The Labute approximate surface area is 187 Å². The van der Waals surface area contributed by atoms with Crippen LogP contribution in [-0.4, -0.2) is 46.5 Å². The van der Waals surface area contributed by atoms with E-state index in [-0.39, 0.29) is 24.0 Å². The van der Waals surface area contributed by atoms with Crippen LogP contribution in [0.25, 0.3) is 10.9 Å². The number of carbonyl (C=O) groups excluding carboxylic acids is 2. The molecule has 0 radical (unpaired) electrons.